The summed E-state index contributed by atoms with van der Waals surface area (Å²) in [5, 5.41) is 22.6. The number of ether oxygens (including phenoxy) is 2. The highest BCUT2D eigenvalue weighted by Gasteiger charge is 2.49. The molecule has 0 radical (unpaired) electrons. The van der Waals surface area contributed by atoms with Crippen molar-refractivity contribution in [2.75, 3.05) is 7.11 Å². The highest BCUT2D eigenvalue weighted by Crippen LogP contribution is 2.48. The maximum absolute atomic E-state index is 11.2. The predicted molar refractivity (Wildman–Crippen MR) is 115 cm³/mol. The number of aryl methyl sites for hydroxylation is 2. The number of rotatable bonds is 3. The molecular weight excluding hydrogens is 388 g/mol. The van der Waals surface area contributed by atoms with Gasteiger partial charge in [0.25, 0.3) is 0 Å². The lowest BCUT2D eigenvalue weighted by Crippen LogP contribution is -2.39. The van der Waals surface area contributed by atoms with E-state index in [1.807, 2.05) is 37.3 Å². The van der Waals surface area contributed by atoms with E-state index in [-0.39, 0.29) is 11.9 Å². The number of methoxy groups -OCH3 is 1. The number of aliphatic hydroxyl groups is 2. The Bertz CT molecular complexity index is 940. The van der Waals surface area contributed by atoms with Crippen molar-refractivity contribution in [1.29, 1.82) is 0 Å². The van der Waals surface area contributed by atoms with Crippen molar-refractivity contribution in [1.82, 2.24) is 0 Å². The molecule has 1 saturated carbocycles. The zero-order chi connectivity index (χ0) is 20.8. The van der Waals surface area contributed by atoms with E-state index < -0.39 is 11.9 Å². The Morgan fingerprint density at radius 2 is 1.66 bits per heavy atom. The van der Waals surface area contributed by atoms with Gasteiger partial charge in [-0.05, 0) is 85.5 Å². The quantitative estimate of drug-likeness (QED) is 0.689. The van der Waals surface area contributed by atoms with Crippen LogP contribution in [0.5, 0.6) is 0 Å². The van der Waals surface area contributed by atoms with Crippen LogP contribution in [0.4, 0.5) is 0 Å². The number of hydrogen-bond donors (Lipinski definition) is 2. The standard InChI is InChI=1S/C24H27ClO4/c1-14-12-15(2)20(13-19(14)16-4-6-17(25)7-5-16)21-22(26)24(29-23(21)27)10-8-18(28-3)9-11-24/h4-7,12-13,18,23,26-27H,8-11H2,1-3H3. The second-order valence-corrected chi connectivity index (χ2v) is 8.59. The zero-order valence-corrected chi connectivity index (χ0v) is 17.8. The van der Waals surface area contributed by atoms with Gasteiger partial charge in [0, 0.05) is 12.1 Å². The van der Waals surface area contributed by atoms with Crippen LogP contribution in [-0.4, -0.2) is 35.3 Å². The largest absolute Gasteiger partial charge is 0.509 e. The van der Waals surface area contributed by atoms with Crippen LogP contribution in [-0.2, 0) is 9.47 Å². The topological polar surface area (TPSA) is 58.9 Å². The Kier molecular flexibility index (Phi) is 5.47. The molecule has 5 heteroatoms. The monoisotopic (exact) mass is 414 g/mol. The first-order valence-corrected chi connectivity index (χ1v) is 10.4. The van der Waals surface area contributed by atoms with Crippen molar-refractivity contribution in [2.45, 2.75) is 57.5 Å². The average molecular weight is 415 g/mol. The van der Waals surface area contributed by atoms with Crippen LogP contribution >= 0.6 is 11.6 Å². The van der Waals surface area contributed by atoms with Gasteiger partial charge in [-0.1, -0.05) is 29.8 Å². The molecule has 1 aliphatic heterocycles. The van der Waals surface area contributed by atoms with Crippen LogP contribution in [0, 0.1) is 13.8 Å². The summed E-state index contributed by atoms with van der Waals surface area (Å²) in [4.78, 5) is 0. The molecule has 1 fully saturated rings. The number of hydrogen-bond acceptors (Lipinski definition) is 4. The second-order valence-electron chi connectivity index (χ2n) is 8.15. The molecule has 0 amide bonds. The minimum atomic E-state index is -1.14. The Labute approximate surface area is 176 Å². The van der Waals surface area contributed by atoms with Crippen LogP contribution in [0.25, 0.3) is 16.7 Å². The van der Waals surface area contributed by atoms with E-state index in [0.29, 0.717) is 23.4 Å². The van der Waals surface area contributed by atoms with E-state index in [2.05, 4.69) is 13.0 Å². The summed E-state index contributed by atoms with van der Waals surface area (Å²) in [6.07, 6.45) is 1.89. The van der Waals surface area contributed by atoms with Crippen molar-refractivity contribution in [2.24, 2.45) is 0 Å². The molecule has 1 aliphatic carbocycles. The fourth-order valence-corrected chi connectivity index (χ4v) is 4.81. The molecule has 2 N–H and O–H groups in total. The first kappa shape index (κ1) is 20.4. The van der Waals surface area contributed by atoms with Gasteiger partial charge in [-0.3, -0.25) is 0 Å². The fourth-order valence-electron chi connectivity index (χ4n) is 4.68. The molecule has 154 valence electrons. The molecule has 1 spiro atoms. The van der Waals surface area contributed by atoms with Crippen LogP contribution in [0.2, 0.25) is 5.02 Å². The molecule has 2 aliphatic rings. The molecule has 29 heavy (non-hydrogen) atoms. The maximum atomic E-state index is 11.2. The Hall–Kier alpha value is -1.85. The molecule has 2 aromatic carbocycles. The third kappa shape index (κ3) is 3.59. The Morgan fingerprint density at radius 1 is 1.03 bits per heavy atom. The lowest BCUT2D eigenvalue weighted by molar-refractivity contribution is -0.153. The second kappa shape index (κ2) is 7.77. The highest BCUT2D eigenvalue weighted by atomic mass is 35.5. The highest BCUT2D eigenvalue weighted by molar-refractivity contribution is 6.30. The minimum Gasteiger partial charge on any atom is -0.509 e. The van der Waals surface area contributed by atoms with Crippen molar-refractivity contribution in [3.8, 4) is 11.1 Å². The number of aliphatic hydroxyl groups excluding tert-OH is 2. The van der Waals surface area contributed by atoms with E-state index in [1.165, 1.54) is 0 Å². The minimum absolute atomic E-state index is 0.161. The number of benzene rings is 2. The Balaban J connectivity index is 1.77. The molecule has 4 rings (SSSR count). The van der Waals surface area contributed by atoms with Gasteiger partial charge >= 0.3 is 0 Å². The Morgan fingerprint density at radius 3 is 2.28 bits per heavy atom. The van der Waals surface area contributed by atoms with Crippen molar-refractivity contribution >= 4 is 17.2 Å². The lowest BCUT2D eigenvalue weighted by Gasteiger charge is -2.36. The van der Waals surface area contributed by atoms with Gasteiger partial charge in [0.05, 0.1) is 11.7 Å². The molecule has 0 aromatic heterocycles. The fraction of sp³-hybridized carbons (Fsp3) is 0.417. The summed E-state index contributed by atoms with van der Waals surface area (Å²) < 4.78 is 11.4. The van der Waals surface area contributed by atoms with Gasteiger partial charge < -0.3 is 19.7 Å². The SMILES string of the molecule is COC1CCC2(CC1)OC(O)C(c1cc(-c3ccc(Cl)cc3)c(C)cc1C)=C2O. The van der Waals surface area contributed by atoms with E-state index in [0.717, 1.165) is 40.7 Å². The molecule has 2 aromatic rings. The van der Waals surface area contributed by atoms with Crippen LogP contribution in [0.3, 0.4) is 0 Å². The normalized spacial score (nSPS) is 27.1. The molecule has 1 atom stereocenters. The average Bonchev–Trinajstić information content (AvgIpc) is 2.93. The molecule has 1 heterocycles. The lowest BCUT2D eigenvalue weighted by atomic mass is 9.80. The van der Waals surface area contributed by atoms with E-state index in [4.69, 9.17) is 21.1 Å². The molecular formula is C24H27ClO4. The van der Waals surface area contributed by atoms with E-state index in [1.54, 1.807) is 7.11 Å². The number of halogens is 1. The summed E-state index contributed by atoms with van der Waals surface area (Å²) in [6.45, 7) is 4.05. The zero-order valence-electron chi connectivity index (χ0n) is 17.0. The third-order valence-electron chi connectivity index (χ3n) is 6.36. The van der Waals surface area contributed by atoms with Crippen molar-refractivity contribution in [3.63, 3.8) is 0 Å². The van der Waals surface area contributed by atoms with Crippen LogP contribution < -0.4 is 0 Å². The summed E-state index contributed by atoms with van der Waals surface area (Å²) in [5.41, 5.74) is 4.67. The van der Waals surface area contributed by atoms with Crippen LogP contribution in [0.1, 0.15) is 42.4 Å². The summed E-state index contributed by atoms with van der Waals surface area (Å²) in [7, 11) is 1.71. The van der Waals surface area contributed by atoms with Crippen molar-refractivity contribution < 1.29 is 19.7 Å². The smallest absolute Gasteiger partial charge is 0.186 e. The third-order valence-corrected chi connectivity index (χ3v) is 6.61. The summed E-state index contributed by atoms with van der Waals surface area (Å²) >= 11 is 6.04. The summed E-state index contributed by atoms with van der Waals surface area (Å²) in [5.74, 6) is 0.161. The van der Waals surface area contributed by atoms with Gasteiger partial charge in [-0.25, -0.2) is 0 Å². The van der Waals surface area contributed by atoms with E-state index in [9.17, 15) is 10.2 Å². The van der Waals surface area contributed by atoms with Crippen LogP contribution in [0.15, 0.2) is 42.2 Å². The van der Waals surface area contributed by atoms with Crippen molar-refractivity contribution in [3.05, 3.63) is 63.9 Å². The predicted octanol–water partition coefficient (Wildman–Crippen LogP) is 5.57. The maximum Gasteiger partial charge on any atom is 0.186 e. The summed E-state index contributed by atoms with van der Waals surface area (Å²) in [6, 6.07) is 11.8. The van der Waals surface area contributed by atoms with Gasteiger partial charge in [0.2, 0.25) is 0 Å². The van der Waals surface area contributed by atoms with Gasteiger partial charge in [-0.2, -0.15) is 0 Å². The van der Waals surface area contributed by atoms with Gasteiger partial charge in [0.15, 0.2) is 6.29 Å². The molecule has 4 nitrogen and oxygen atoms in total. The molecule has 0 bridgehead atoms. The van der Waals surface area contributed by atoms with Gasteiger partial charge in [-0.15, -0.1) is 0 Å². The van der Waals surface area contributed by atoms with E-state index >= 15 is 0 Å². The first-order valence-electron chi connectivity index (χ1n) is 10.0. The molecule has 0 saturated heterocycles. The molecule has 1 unspecified atom stereocenters. The van der Waals surface area contributed by atoms with Gasteiger partial charge in [0.1, 0.15) is 11.4 Å². The first-order chi connectivity index (χ1) is 13.8.